The summed E-state index contributed by atoms with van der Waals surface area (Å²) in [6, 6.07) is 6.33. The highest BCUT2D eigenvalue weighted by molar-refractivity contribution is 5.90. The number of rotatable bonds is 3. The monoisotopic (exact) mass is 369 g/mol. The molecule has 0 amide bonds. The molecule has 1 aliphatic rings. The molecule has 0 radical (unpaired) electrons. The topological polar surface area (TPSA) is 91.3 Å². The zero-order valence-electron chi connectivity index (χ0n) is 18.9. The van der Waals surface area contributed by atoms with Crippen molar-refractivity contribution in [2.75, 3.05) is 19.8 Å². The van der Waals surface area contributed by atoms with Crippen LogP contribution in [0.15, 0.2) is 41.5 Å². The lowest BCUT2D eigenvalue weighted by molar-refractivity contribution is 0.173. The minimum absolute atomic E-state index is 0.0971. The summed E-state index contributed by atoms with van der Waals surface area (Å²) in [5, 5.41) is 0.616. The lowest BCUT2D eigenvalue weighted by Crippen LogP contribution is -2.16. The van der Waals surface area contributed by atoms with E-state index in [1.807, 2.05) is 0 Å². The number of benzene rings is 1. The quantitative estimate of drug-likeness (QED) is 0.596. The molecule has 27 heavy (non-hydrogen) atoms. The SMILES string of the molecule is [2H]C([2H])([2H])C([2H])([2H])Oc1ccnc2[nH]c(=O)n(-c3ccc4ncc5c(c4c3)OCCO5)c12. The van der Waals surface area contributed by atoms with E-state index in [9.17, 15) is 4.79 Å². The number of hydrogen-bond donors (Lipinski definition) is 1. The molecular formula is C19H16N4O4. The number of aromatic amines is 1. The van der Waals surface area contributed by atoms with Gasteiger partial charge in [0.15, 0.2) is 17.1 Å². The minimum Gasteiger partial charge on any atom is -0.491 e. The van der Waals surface area contributed by atoms with Gasteiger partial charge >= 0.3 is 5.69 Å². The van der Waals surface area contributed by atoms with Crippen molar-refractivity contribution in [3.8, 4) is 22.9 Å². The van der Waals surface area contributed by atoms with Crippen molar-refractivity contribution in [1.29, 1.82) is 0 Å². The van der Waals surface area contributed by atoms with Crippen molar-refractivity contribution in [3.05, 3.63) is 47.1 Å². The summed E-state index contributed by atoms with van der Waals surface area (Å²) in [6.07, 6.45) is 2.86. The Hall–Kier alpha value is -3.55. The highest BCUT2D eigenvalue weighted by atomic mass is 16.6. The first-order valence-electron chi connectivity index (χ1n) is 10.6. The van der Waals surface area contributed by atoms with Crippen molar-refractivity contribution in [2.45, 2.75) is 6.85 Å². The average molecular weight is 369 g/mol. The van der Waals surface area contributed by atoms with Gasteiger partial charge in [-0.25, -0.2) is 9.78 Å². The summed E-state index contributed by atoms with van der Waals surface area (Å²) < 4.78 is 55.6. The molecule has 0 bridgehead atoms. The van der Waals surface area contributed by atoms with Gasteiger partial charge in [-0.2, -0.15) is 0 Å². The molecule has 136 valence electrons. The van der Waals surface area contributed by atoms with E-state index in [4.69, 9.17) is 21.1 Å². The van der Waals surface area contributed by atoms with Crippen LogP contribution in [0.25, 0.3) is 27.8 Å². The Labute approximate surface area is 160 Å². The normalized spacial score (nSPS) is 17.0. The number of fused-ring (bicyclic) bond motifs is 4. The smallest absolute Gasteiger partial charge is 0.332 e. The fraction of sp³-hybridized carbons (Fsp3) is 0.211. The largest absolute Gasteiger partial charge is 0.491 e. The van der Waals surface area contributed by atoms with E-state index in [2.05, 4.69) is 15.0 Å². The van der Waals surface area contributed by atoms with Gasteiger partial charge in [-0.15, -0.1) is 0 Å². The van der Waals surface area contributed by atoms with Crippen LogP contribution in [-0.2, 0) is 0 Å². The molecule has 0 atom stereocenters. The van der Waals surface area contributed by atoms with Crippen LogP contribution in [0.3, 0.4) is 0 Å². The van der Waals surface area contributed by atoms with Crippen LogP contribution in [-0.4, -0.2) is 39.3 Å². The molecule has 1 aromatic carbocycles. The Bertz CT molecular complexity index is 1410. The summed E-state index contributed by atoms with van der Waals surface area (Å²) >= 11 is 0. The molecule has 0 saturated heterocycles. The number of nitrogens with one attached hydrogen (secondary N) is 1. The fourth-order valence-electron chi connectivity index (χ4n) is 3.21. The van der Waals surface area contributed by atoms with Crippen LogP contribution < -0.4 is 19.9 Å². The van der Waals surface area contributed by atoms with Crippen molar-refractivity contribution in [2.24, 2.45) is 0 Å². The van der Waals surface area contributed by atoms with Gasteiger partial charge in [-0.1, -0.05) is 0 Å². The summed E-state index contributed by atoms with van der Waals surface area (Å²) in [7, 11) is 0. The van der Waals surface area contributed by atoms with E-state index in [1.54, 1.807) is 24.4 Å². The maximum absolute atomic E-state index is 12.8. The highest BCUT2D eigenvalue weighted by Gasteiger charge is 2.19. The summed E-state index contributed by atoms with van der Waals surface area (Å²) in [5.41, 5.74) is 0.665. The molecule has 5 rings (SSSR count). The van der Waals surface area contributed by atoms with E-state index in [0.717, 1.165) is 0 Å². The van der Waals surface area contributed by atoms with Crippen LogP contribution in [0.1, 0.15) is 13.7 Å². The average Bonchev–Trinajstić information content (AvgIpc) is 3.09. The van der Waals surface area contributed by atoms with Gasteiger partial charge in [0.05, 0.1) is 26.7 Å². The first kappa shape index (κ1) is 11.2. The van der Waals surface area contributed by atoms with E-state index in [1.165, 1.54) is 16.8 Å². The number of nitrogens with zero attached hydrogens (tertiary/aromatic N) is 3. The van der Waals surface area contributed by atoms with E-state index in [-0.39, 0.29) is 16.9 Å². The molecule has 0 aliphatic carbocycles. The summed E-state index contributed by atoms with van der Waals surface area (Å²) in [6.45, 7) is -5.26. The fourth-order valence-corrected chi connectivity index (χ4v) is 3.21. The Morgan fingerprint density at radius 3 is 3.19 bits per heavy atom. The molecule has 4 aromatic rings. The third-order valence-electron chi connectivity index (χ3n) is 4.32. The number of imidazole rings is 1. The molecule has 1 N–H and O–H groups in total. The predicted octanol–water partition coefficient (Wildman–Crippen LogP) is 2.43. The highest BCUT2D eigenvalue weighted by Crippen LogP contribution is 2.37. The third-order valence-corrected chi connectivity index (χ3v) is 4.32. The Kier molecular flexibility index (Phi) is 2.50. The molecular weight excluding hydrogens is 348 g/mol. The van der Waals surface area contributed by atoms with Gasteiger partial charge in [0.25, 0.3) is 0 Å². The van der Waals surface area contributed by atoms with Crippen molar-refractivity contribution >= 4 is 22.1 Å². The molecule has 0 fully saturated rings. The summed E-state index contributed by atoms with van der Waals surface area (Å²) in [5.74, 6) is 0.843. The van der Waals surface area contributed by atoms with Crippen LogP contribution in [0.5, 0.6) is 17.2 Å². The maximum atomic E-state index is 12.8. The van der Waals surface area contributed by atoms with Gasteiger partial charge in [0.1, 0.15) is 24.5 Å². The van der Waals surface area contributed by atoms with Gasteiger partial charge in [-0.3, -0.25) is 14.5 Å². The van der Waals surface area contributed by atoms with Crippen molar-refractivity contribution in [3.63, 3.8) is 0 Å². The molecule has 0 unspecified atom stereocenters. The molecule has 3 aromatic heterocycles. The summed E-state index contributed by atoms with van der Waals surface area (Å²) in [4.78, 5) is 23.8. The zero-order chi connectivity index (χ0) is 22.7. The van der Waals surface area contributed by atoms with Crippen molar-refractivity contribution < 1.29 is 21.1 Å². The lowest BCUT2D eigenvalue weighted by atomic mass is 10.1. The van der Waals surface area contributed by atoms with E-state index < -0.39 is 19.1 Å². The van der Waals surface area contributed by atoms with E-state index in [0.29, 0.717) is 41.3 Å². The molecule has 0 spiro atoms. The maximum Gasteiger partial charge on any atom is 0.332 e. The van der Waals surface area contributed by atoms with E-state index >= 15 is 0 Å². The van der Waals surface area contributed by atoms with Gasteiger partial charge in [0, 0.05) is 21.8 Å². The molecule has 0 saturated carbocycles. The molecule has 4 heterocycles. The zero-order valence-corrected chi connectivity index (χ0v) is 13.9. The molecule has 1 aliphatic heterocycles. The predicted molar refractivity (Wildman–Crippen MR) is 99.2 cm³/mol. The van der Waals surface area contributed by atoms with Gasteiger partial charge in [0.2, 0.25) is 0 Å². The van der Waals surface area contributed by atoms with Crippen LogP contribution >= 0.6 is 0 Å². The van der Waals surface area contributed by atoms with Crippen LogP contribution in [0, 0.1) is 0 Å². The molecule has 8 nitrogen and oxygen atoms in total. The second kappa shape index (κ2) is 6.01. The van der Waals surface area contributed by atoms with Crippen LogP contribution in [0.4, 0.5) is 0 Å². The Morgan fingerprint density at radius 1 is 1.33 bits per heavy atom. The Morgan fingerprint density at radius 2 is 2.26 bits per heavy atom. The number of pyridine rings is 2. The second-order valence-corrected chi connectivity index (χ2v) is 5.83. The van der Waals surface area contributed by atoms with Crippen molar-refractivity contribution in [1.82, 2.24) is 19.5 Å². The standard InChI is InChI=1S/C19H16N4O4/c1-2-25-14-5-6-20-18-16(14)23(19(24)22-18)11-3-4-13-12(9-11)17-15(10-21-13)26-7-8-27-17/h3-6,9-10H,2,7-8H2,1H3,(H,20,22,24)/i1D3,2D2. The first-order chi connectivity index (χ1) is 15.2. The number of aromatic nitrogens is 4. The van der Waals surface area contributed by atoms with Gasteiger partial charge in [-0.05, 0) is 25.1 Å². The number of hydrogen-bond acceptors (Lipinski definition) is 6. The first-order valence-corrected chi connectivity index (χ1v) is 8.13. The third kappa shape index (κ3) is 2.41. The Balaban J connectivity index is 1.72. The number of H-pyrrole nitrogens is 1. The number of ether oxygens (including phenoxy) is 3. The molecule has 8 heteroatoms. The van der Waals surface area contributed by atoms with Gasteiger partial charge < -0.3 is 14.2 Å². The second-order valence-electron chi connectivity index (χ2n) is 5.83. The minimum atomic E-state index is -3.05. The lowest BCUT2D eigenvalue weighted by Gasteiger charge is -2.19. The van der Waals surface area contributed by atoms with Crippen LogP contribution in [0.2, 0.25) is 0 Å².